The van der Waals surface area contributed by atoms with Crippen molar-refractivity contribution in [3.63, 3.8) is 0 Å². The van der Waals surface area contributed by atoms with Crippen LogP contribution in [-0.4, -0.2) is 10.8 Å². The van der Waals surface area contributed by atoms with Gasteiger partial charge in [0.25, 0.3) is 0 Å². The van der Waals surface area contributed by atoms with E-state index in [-0.39, 0.29) is 5.78 Å². The Morgan fingerprint density at radius 3 is 2.16 bits per heavy atom. The highest BCUT2D eigenvalue weighted by molar-refractivity contribution is 6.26. The van der Waals surface area contributed by atoms with Gasteiger partial charge in [0.1, 0.15) is 0 Å². The predicted octanol–water partition coefficient (Wildman–Crippen LogP) is 5.42. The number of carbonyl (C=O) groups excluding carboxylic acids is 1. The third-order valence-corrected chi connectivity index (χ3v) is 5.02. The van der Waals surface area contributed by atoms with Crippen LogP contribution < -0.4 is 0 Å². The van der Waals surface area contributed by atoms with Crippen molar-refractivity contribution in [1.82, 2.24) is 4.98 Å². The van der Waals surface area contributed by atoms with Crippen molar-refractivity contribution in [2.75, 3.05) is 0 Å². The molecule has 25 heavy (non-hydrogen) atoms. The summed E-state index contributed by atoms with van der Waals surface area (Å²) in [6.45, 7) is 2.09. The van der Waals surface area contributed by atoms with Crippen LogP contribution in [-0.2, 0) is 0 Å². The maximum atomic E-state index is 13.0. The standard InChI is InChI=1S/C23H15NO/c1-14-7-2-3-8-15(14)22-18-11-6-12-19-21(18)20(13-24-22)16-9-4-5-10-17(16)23(19)25/h2-13H,1H3. The second kappa shape index (κ2) is 5.12. The molecule has 1 heterocycles. The minimum absolute atomic E-state index is 0.0932. The van der Waals surface area contributed by atoms with E-state index in [0.29, 0.717) is 0 Å². The van der Waals surface area contributed by atoms with Crippen LogP contribution in [0, 0.1) is 6.92 Å². The highest BCUT2D eigenvalue weighted by atomic mass is 16.1. The zero-order valence-electron chi connectivity index (χ0n) is 13.8. The average Bonchev–Trinajstić information content (AvgIpc) is 2.66. The Labute approximate surface area is 145 Å². The Morgan fingerprint density at radius 1 is 0.680 bits per heavy atom. The molecule has 1 aliphatic rings. The molecule has 2 heteroatoms. The largest absolute Gasteiger partial charge is 0.289 e. The van der Waals surface area contributed by atoms with Crippen LogP contribution in [0.15, 0.2) is 72.9 Å². The van der Waals surface area contributed by atoms with Crippen LogP contribution in [0.1, 0.15) is 21.5 Å². The van der Waals surface area contributed by atoms with E-state index >= 15 is 0 Å². The SMILES string of the molecule is Cc1ccccc1-c1ncc2c3c(cccc13)C(=O)c1ccccc1-2. The number of hydrogen-bond acceptors (Lipinski definition) is 2. The Morgan fingerprint density at radius 2 is 1.36 bits per heavy atom. The summed E-state index contributed by atoms with van der Waals surface area (Å²) in [7, 11) is 0. The lowest BCUT2D eigenvalue weighted by molar-refractivity contribution is 0.104. The van der Waals surface area contributed by atoms with Gasteiger partial charge in [-0.15, -0.1) is 0 Å². The van der Waals surface area contributed by atoms with E-state index in [4.69, 9.17) is 4.98 Å². The van der Waals surface area contributed by atoms with E-state index in [0.717, 1.165) is 44.3 Å². The fraction of sp³-hybridized carbons (Fsp3) is 0.0435. The molecule has 0 spiro atoms. The van der Waals surface area contributed by atoms with Gasteiger partial charge in [0.2, 0.25) is 0 Å². The first-order chi connectivity index (χ1) is 12.3. The molecule has 0 saturated heterocycles. The molecule has 1 aliphatic carbocycles. The molecule has 0 radical (unpaired) electrons. The molecule has 2 nitrogen and oxygen atoms in total. The van der Waals surface area contributed by atoms with Gasteiger partial charge < -0.3 is 0 Å². The van der Waals surface area contributed by atoms with Crippen LogP contribution in [0.4, 0.5) is 0 Å². The lowest BCUT2D eigenvalue weighted by Crippen LogP contribution is -2.10. The van der Waals surface area contributed by atoms with Gasteiger partial charge in [0, 0.05) is 39.2 Å². The molecule has 0 amide bonds. The summed E-state index contributed by atoms with van der Waals surface area (Å²) in [6, 6.07) is 22.0. The molecule has 1 aromatic heterocycles. The number of fused-ring (bicyclic) bond motifs is 2. The topological polar surface area (TPSA) is 30.0 Å². The van der Waals surface area contributed by atoms with Gasteiger partial charge in [-0.3, -0.25) is 9.78 Å². The number of benzene rings is 3. The summed E-state index contributed by atoms with van der Waals surface area (Å²) in [6.07, 6.45) is 1.92. The number of carbonyl (C=O) groups is 1. The molecular formula is C23H15NO. The highest BCUT2D eigenvalue weighted by Crippen LogP contribution is 2.41. The van der Waals surface area contributed by atoms with E-state index in [9.17, 15) is 4.79 Å². The van der Waals surface area contributed by atoms with Crippen molar-refractivity contribution in [1.29, 1.82) is 0 Å². The first-order valence-corrected chi connectivity index (χ1v) is 8.37. The molecule has 118 valence electrons. The van der Waals surface area contributed by atoms with Gasteiger partial charge in [-0.1, -0.05) is 66.7 Å². The van der Waals surface area contributed by atoms with Crippen LogP contribution in [0.2, 0.25) is 0 Å². The molecule has 5 rings (SSSR count). The Bertz CT molecular complexity index is 1170. The van der Waals surface area contributed by atoms with Crippen molar-refractivity contribution >= 4 is 16.6 Å². The number of aryl methyl sites for hydroxylation is 1. The predicted molar refractivity (Wildman–Crippen MR) is 101 cm³/mol. The van der Waals surface area contributed by atoms with E-state index in [1.165, 1.54) is 5.56 Å². The van der Waals surface area contributed by atoms with Crippen molar-refractivity contribution in [2.24, 2.45) is 0 Å². The highest BCUT2D eigenvalue weighted by Gasteiger charge is 2.26. The lowest BCUT2D eigenvalue weighted by atomic mass is 9.83. The molecule has 0 unspecified atom stereocenters. The minimum Gasteiger partial charge on any atom is -0.289 e. The molecule has 0 N–H and O–H groups in total. The van der Waals surface area contributed by atoms with E-state index < -0.39 is 0 Å². The van der Waals surface area contributed by atoms with Gasteiger partial charge in [-0.25, -0.2) is 0 Å². The summed E-state index contributed by atoms with van der Waals surface area (Å²) < 4.78 is 0. The Kier molecular flexibility index (Phi) is 2.89. The van der Waals surface area contributed by atoms with Crippen LogP contribution >= 0.6 is 0 Å². The van der Waals surface area contributed by atoms with Crippen LogP contribution in [0.3, 0.4) is 0 Å². The Hall–Kier alpha value is -3.26. The second-order valence-corrected chi connectivity index (χ2v) is 6.44. The third-order valence-electron chi connectivity index (χ3n) is 5.02. The van der Waals surface area contributed by atoms with Crippen LogP contribution in [0.5, 0.6) is 0 Å². The van der Waals surface area contributed by atoms with E-state index in [2.05, 4.69) is 25.1 Å². The smallest absolute Gasteiger partial charge is 0.194 e. The fourth-order valence-corrected chi connectivity index (χ4v) is 3.81. The number of rotatable bonds is 1. The number of pyridine rings is 1. The number of ketones is 1. The summed E-state index contributed by atoms with van der Waals surface area (Å²) >= 11 is 0. The second-order valence-electron chi connectivity index (χ2n) is 6.44. The number of aromatic nitrogens is 1. The van der Waals surface area contributed by atoms with Gasteiger partial charge in [-0.2, -0.15) is 0 Å². The van der Waals surface area contributed by atoms with Gasteiger partial charge in [0.15, 0.2) is 5.78 Å². The summed E-state index contributed by atoms with van der Waals surface area (Å²) in [5, 5.41) is 2.05. The molecule has 0 fully saturated rings. The lowest BCUT2D eigenvalue weighted by Gasteiger charge is -2.21. The molecule has 0 bridgehead atoms. The number of nitrogens with zero attached hydrogens (tertiary/aromatic N) is 1. The van der Waals surface area contributed by atoms with Gasteiger partial charge in [-0.05, 0) is 18.1 Å². The molecule has 0 atom stereocenters. The van der Waals surface area contributed by atoms with Gasteiger partial charge in [0.05, 0.1) is 5.69 Å². The first kappa shape index (κ1) is 14.1. The summed E-state index contributed by atoms with van der Waals surface area (Å²) in [5.74, 6) is 0.0932. The molecule has 3 aromatic carbocycles. The minimum atomic E-state index is 0.0932. The van der Waals surface area contributed by atoms with E-state index in [1.54, 1.807) is 0 Å². The van der Waals surface area contributed by atoms with Crippen LogP contribution in [0.25, 0.3) is 33.2 Å². The Balaban J connectivity index is 1.93. The maximum Gasteiger partial charge on any atom is 0.194 e. The molecule has 0 saturated carbocycles. The average molecular weight is 321 g/mol. The zero-order valence-corrected chi connectivity index (χ0v) is 13.8. The monoisotopic (exact) mass is 321 g/mol. The normalized spacial score (nSPS) is 12.3. The molecular weight excluding hydrogens is 306 g/mol. The zero-order chi connectivity index (χ0) is 17.0. The summed E-state index contributed by atoms with van der Waals surface area (Å²) in [4.78, 5) is 17.8. The molecule has 4 aromatic rings. The van der Waals surface area contributed by atoms with Crippen molar-refractivity contribution < 1.29 is 4.79 Å². The maximum absolute atomic E-state index is 13.0. The van der Waals surface area contributed by atoms with Gasteiger partial charge >= 0.3 is 0 Å². The first-order valence-electron chi connectivity index (χ1n) is 8.37. The van der Waals surface area contributed by atoms with Crippen molar-refractivity contribution in [3.05, 3.63) is 89.6 Å². The summed E-state index contributed by atoms with van der Waals surface area (Å²) in [5.41, 5.74) is 6.76. The third kappa shape index (κ3) is 1.91. The van der Waals surface area contributed by atoms with Crippen molar-refractivity contribution in [2.45, 2.75) is 6.92 Å². The molecule has 0 aliphatic heterocycles. The quantitative estimate of drug-likeness (QED) is 0.412. The number of hydrogen-bond donors (Lipinski definition) is 0. The fourth-order valence-electron chi connectivity index (χ4n) is 3.81. The van der Waals surface area contributed by atoms with Crippen molar-refractivity contribution in [3.8, 4) is 22.4 Å². The van der Waals surface area contributed by atoms with E-state index in [1.807, 2.05) is 54.7 Å².